The van der Waals surface area contributed by atoms with Crippen LogP contribution in [0.1, 0.15) is 38.3 Å². The van der Waals surface area contributed by atoms with Crippen molar-refractivity contribution in [2.45, 2.75) is 51.7 Å². The second kappa shape index (κ2) is 5.64. The van der Waals surface area contributed by atoms with Crippen LogP contribution < -0.4 is 4.90 Å². The SMILES string of the molecule is CCc1ccc(C[C@]2(O)C[C@@H](C)[NH+](C)C[C@@H]2C)cc1. The van der Waals surface area contributed by atoms with Crippen LogP contribution in [0.3, 0.4) is 0 Å². The van der Waals surface area contributed by atoms with Crippen molar-refractivity contribution in [3.05, 3.63) is 35.4 Å². The third kappa shape index (κ3) is 3.18. The van der Waals surface area contributed by atoms with E-state index in [-0.39, 0.29) is 0 Å². The zero-order valence-corrected chi connectivity index (χ0v) is 12.7. The molecule has 1 fully saturated rings. The molecule has 0 spiro atoms. The van der Waals surface area contributed by atoms with Crippen LogP contribution in [0.2, 0.25) is 0 Å². The molecule has 1 saturated heterocycles. The van der Waals surface area contributed by atoms with Gasteiger partial charge in [-0.25, -0.2) is 0 Å². The van der Waals surface area contributed by atoms with Crippen LogP contribution in [0.25, 0.3) is 0 Å². The van der Waals surface area contributed by atoms with Crippen LogP contribution >= 0.6 is 0 Å². The van der Waals surface area contributed by atoms with Gasteiger partial charge in [-0.2, -0.15) is 0 Å². The lowest BCUT2D eigenvalue weighted by Crippen LogP contribution is -3.15. The summed E-state index contributed by atoms with van der Waals surface area (Å²) in [5, 5.41) is 11.0. The highest BCUT2D eigenvalue weighted by atomic mass is 16.3. The Morgan fingerprint density at radius 1 is 1.21 bits per heavy atom. The minimum Gasteiger partial charge on any atom is -0.389 e. The van der Waals surface area contributed by atoms with E-state index in [0.29, 0.717) is 12.0 Å². The number of piperidine rings is 1. The first-order valence-corrected chi connectivity index (χ1v) is 7.57. The topological polar surface area (TPSA) is 24.7 Å². The molecule has 2 rings (SSSR count). The van der Waals surface area contributed by atoms with E-state index in [1.807, 2.05) is 0 Å². The van der Waals surface area contributed by atoms with E-state index < -0.39 is 5.60 Å². The molecule has 0 bridgehead atoms. The molecule has 1 aliphatic heterocycles. The highest BCUT2D eigenvalue weighted by Crippen LogP contribution is 2.29. The highest BCUT2D eigenvalue weighted by molar-refractivity contribution is 5.24. The van der Waals surface area contributed by atoms with Crippen molar-refractivity contribution in [1.29, 1.82) is 0 Å². The molecule has 0 aliphatic carbocycles. The van der Waals surface area contributed by atoms with Crippen molar-refractivity contribution in [3.8, 4) is 0 Å². The number of aliphatic hydroxyl groups is 1. The number of nitrogens with one attached hydrogen (secondary N) is 1. The summed E-state index contributed by atoms with van der Waals surface area (Å²) < 4.78 is 0. The molecule has 0 radical (unpaired) electrons. The maximum Gasteiger partial charge on any atom is 0.0872 e. The minimum absolute atomic E-state index is 0.356. The second-order valence-corrected chi connectivity index (χ2v) is 6.51. The molecule has 1 aliphatic rings. The predicted molar refractivity (Wildman–Crippen MR) is 79.5 cm³/mol. The summed E-state index contributed by atoms with van der Waals surface area (Å²) in [6, 6.07) is 9.27. The summed E-state index contributed by atoms with van der Waals surface area (Å²) in [5.74, 6) is 0.356. The van der Waals surface area contributed by atoms with E-state index in [0.717, 1.165) is 25.8 Å². The molecule has 1 heterocycles. The lowest BCUT2D eigenvalue weighted by Gasteiger charge is -2.43. The van der Waals surface area contributed by atoms with Crippen molar-refractivity contribution in [1.82, 2.24) is 0 Å². The van der Waals surface area contributed by atoms with Gasteiger partial charge in [-0.05, 0) is 24.5 Å². The van der Waals surface area contributed by atoms with Gasteiger partial charge >= 0.3 is 0 Å². The Hall–Kier alpha value is -0.860. The summed E-state index contributed by atoms with van der Waals surface area (Å²) in [6.07, 6.45) is 2.76. The van der Waals surface area contributed by atoms with Crippen molar-refractivity contribution in [3.63, 3.8) is 0 Å². The number of hydrogen-bond donors (Lipinski definition) is 2. The molecule has 0 amide bonds. The molecule has 2 N–H and O–H groups in total. The average Bonchev–Trinajstić information content (AvgIpc) is 2.37. The Bertz CT molecular complexity index is 414. The van der Waals surface area contributed by atoms with Gasteiger partial charge in [0.15, 0.2) is 0 Å². The maximum atomic E-state index is 11.0. The van der Waals surface area contributed by atoms with Crippen LogP contribution in [0.5, 0.6) is 0 Å². The van der Waals surface area contributed by atoms with Crippen LogP contribution in [0.4, 0.5) is 0 Å². The van der Waals surface area contributed by atoms with Crippen molar-refractivity contribution in [2.24, 2.45) is 5.92 Å². The monoisotopic (exact) mass is 262 g/mol. The predicted octanol–water partition coefficient (Wildman–Crippen LogP) is 1.47. The van der Waals surface area contributed by atoms with Gasteiger partial charge < -0.3 is 10.0 Å². The van der Waals surface area contributed by atoms with Gasteiger partial charge in [0.1, 0.15) is 0 Å². The van der Waals surface area contributed by atoms with Gasteiger partial charge in [-0.3, -0.25) is 0 Å². The van der Waals surface area contributed by atoms with Crippen LogP contribution in [0, 0.1) is 5.92 Å². The summed E-state index contributed by atoms with van der Waals surface area (Å²) >= 11 is 0. The zero-order chi connectivity index (χ0) is 14.0. The van der Waals surface area contributed by atoms with Gasteiger partial charge in [0, 0.05) is 18.8 Å². The first kappa shape index (κ1) is 14.5. The molecule has 0 aromatic heterocycles. The van der Waals surface area contributed by atoms with Crippen LogP contribution in [0.15, 0.2) is 24.3 Å². The first-order chi connectivity index (χ1) is 8.94. The van der Waals surface area contributed by atoms with E-state index in [1.165, 1.54) is 11.1 Å². The Morgan fingerprint density at radius 2 is 1.79 bits per heavy atom. The number of rotatable bonds is 3. The molecular formula is C17H28NO+. The molecular weight excluding hydrogens is 234 g/mol. The molecule has 19 heavy (non-hydrogen) atoms. The van der Waals surface area contributed by atoms with E-state index in [2.05, 4.69) is 52.1 Å². The Balaban J connectivity index is 2.11. The third-order valence-corrected chi connectivity index (χ3v) is 4.99. The summed E-state index contributed by atoms with van der Waals surface area (Å²) in [7, 11) is 2.23. The number of aryl methyl sites for hydroxylation is 1. The minimum atomic E-state index is -0.535. The second-order valence-electron chi connectivity index (χ2n) is 6.51. The highest BCUT2D eigenvalue weighted by Gasteiger charge is 2.43. The number of quaternary nitrogens is 1. The van der Waals surface area contributed by atoms with Crippen molar-refractivity contribution >= 4 is 0 Å². The Labute approximate surface area is 117 Å². The number of likely N-dealkylation sites (tertiary alicyclic amines) is 1. The fourth-order valence-corrected chi connectivity index (χ4v) is 3.27. The molecule has 2 nitrogen and oxygen atoms in total. The molecule has 1 aromatic rings. The third-order valence-electron chi connectivity index (χ3n) is 4.99. The lowest BCUT2D eigenvalue weighted by molar-refractivity contribution is -0.916. The quantitative estimate of drug-likeness (QED) is 0.847. The van der Waals surface area contributed by atoms with Crippen molar-refractivity contribution in [2.75, 3.05) is 13.6 Å². The lowest BCUT2D eigenvalue weighted by atomic mass is 9.75. The molecule has 1 aromatic carbocycles. The van der Waals surface area contributed by atoms with Gasteiger partial charge in [0.2, 0.25) is 0 Å². The molecule has 4 atom stereocenters. The Morgan fingerprint density at radius 3 is 2.37 bits per heavy atom. The van der Waals surface area contributed by atoms with Crippen LogP contribution in [-0.2, 0) is 12.8 Å². The molecule has 1 unspecified atom stereocenters. The van der Waals surface area contributed by atoms with Gasteiger partial charge in [-0.15, -0.1) is 0 Å². The molecule has 106 valence electrons. The first-order valence-electron chi connectivity index (χ1n) is 7.57. The summed E-state index contributed by atoms with van der Waals surface area (Å²) in [6.45, 7) is 7.67. The van der Waals surface area contributed by atoms with E-state index >= 15 is 0 Å². The van der Waals surface area contributed by atoms with E-state index in [4.69, 9.17) is 0 Å². The van der Waals surface area contributed by atoms with Crippen molar-refractivity contribution < 1.29 is 10.0 Å². The normalized spacial score (nSPS) is 35.3. The molecule has 2 heteroatoms. The zero-order valence-electron chi connectivity index (χ0n) is 12.7. The smallest absolute Gasteiger partial charge is 0.0872 e. The Kier molecular flexibility index (Phi) is 4.32. The standard InChI is InChI=1S/C17H27NO/c1-5-15-6-8-16(9-7-15)11-17(19)10-14(3)18(4)12-13(17)2/h6-9,13-14,19H,5,10-12H2,1-4H3/p+1/t13-,14+,17+/m0/s1. The van der Waals surface area contributed by atoms with Gasteiger partial charge in [0.05, 0.1) is 25.2 Å². The molecule has 0 saturated carbocycles. The number of hydrogen-bond acceptors (Lipinski definition) is 1. The fourth-order valence-electron chi connectivity index (χ4n) is 3.27. The summed E-state index contributed by atoms with van der Waals surface area (Å²) in [4.78, 5) is 1.54. The maximum absolute atomic E-state index is 11.0. The summed E-state index contributed by atoms with van der Waals surface area (Å²) in [5.41, 5.74) is 2.09. The number of benzene rings is 1. The van der Waals surface area contributed by atoms with E-state index in [1.54, 1.807) is 4.90 Å². The fraction of sp³-hybridized carbons (Fsp3) is 0.647. The average molecular weight is 262 g/mol. The van der Waals surface area contributed by atoms with E-state index in [9.17, 15) is 5.11 Å². The largest absolute Gasteiger partial charge is 0.389 e. The van der Waals surface area contributed by atoms with Gasteiger partial charge in [-0.1, -0.05) is 38.1 Å². The van der Waals surface area contributed by atoms with Crippen LogP contribution in [-0.4, -0.2) is 30.3 Å². The van der Waals surface area contributed by atoms with Gasteiger partial charge in [0.25, 0.3) is 0 Å².